The highest BCUT2D eigenvalue weighted by atomic mass is 35.5. The number of thioether (sulfide) groups is 1. The number of aromatic carboxylic acids is 1. The third-order valence-corrected chi connectivity index (χ3v) is 5.82. The maximum Gasteiger partial charge on any atom is 0.234 e. The minimum atomic E-state index is -1.28. The van der Waals surface area contributed by atoms with Crippen LogP contribution < -0.4 is 10.4 Å². The van der Waals surface area contributed by atoms with Gasteiger partial charge in [-0.3, -0.25) is 4.79 Å². The topological polar surface area (TPSA) is 82.1 Å². The van der Waals surface area contributed by atoms with Gasteiger partial charge in [-0.15, -0.1) is 11.3 Å². The first-order valence-corrected chi connectivity index (χ1v) is 9.41. The van der Waals surface area contributed by atoms with Crippen LogP contribution in [-0.2, 0) is 4.79 Å². The second kappa shape index (κ2) is 7.43. The van der Waals surface area contributed by atoms with Gasteiger partial charge in [0, 0.05) is 10.7 Å². The van der Waals surface area contributed by atoms with Gasteiger partial charge in [-0.1, -0.05) is 35.5 Å². The van der Waals surface area contributed by atoms with E-state index in [2.05, 4.69) is 10.3 Å². The van der Waals surface area contributed by atoms with Gasteiger partial charge in [0.1, 0.15) is 0 Å². The first-order valence-electron chi connectivity index (χ1n) is 7.23. The molecule has 0 fully saturated rings. The van der Waals surface area contributed by atoms with Gasteiger partial charge >= 0.3 is 0 Å². The molecule has 0 spiro atoms. The van der Waals surface area contributed by atoms with Crippen molar-refractivity contribution in [1.82, 2.24) is 4.98 Å². The van der Waals surface area contributed by atoms with Gasteiger partial charge in [0.15, 0.2) is 4.34 Å². The van der Waals surface area contributed by atoms with E-state index in [9.17, 15) is 14.7 Å². The highest BCUT2D eigenvalue weighted by Gasteiger charge is 2.10. The molecule has 0 aliphatic heterocycles. The number of carboxylic acid groups (broad SMARTS) is 1. The molecule has 1 heterocycles. The minimum absolute atomic E-state index is 0.0246. The lowest BCUT2D eigenvalue weighted by Gasteiger charge is -2.10. The summed E-state index contributed by atoms with van der Waals surface area (Å²) in [5.74, 6) is -1.35. The summed E-state index contributed by atoms with van der Waals surface area (Å²) in [4.78, 5) is 27.5. The van der Waals surface area contributed by atoms with Crippen LogP contribution in [0.4, 0.5) is 5.69 Å². The second-order valence-corrected chi connectivity index (χ2v) is 7.94. The van der Waals surface area contributed by atoms with Crippen LogP contribution in [0.1, 0.15) is 15.9 Å². The van der Waals surface area contributed by atoms with Crippen LogP contribution in [0.3, 0.4) is 0 Å². The highest BCUT2D eigenvalue weighted by Crippen LogP contribution is 2.31. The van der Waals surface area contributed by atoms with Crippen molar-refractivity contribution in [3.63, 3.8) is 0 Å². The number of anilines is 1. The first-order chi connectivity index (χ1) is 11.9. The van der Waals surface area contributed by atoms with Gasteiger partial charge in [0.2, 0.25) is 5.91 Å². The fraction of sp³-hybridized carbons (Fsp3) is 0.118. The van der Waals surface area contributed by atoms with Crippen LogP contribution in [0.15, 0.2) is 40.7 Å². The normalized spacial score (nSPS) is 10.8. The van der Waals surface area contributed by atoms with Gasteiger partial charge in [0.25, 0.3) is 0 Å². The number of aromatic nitrogens is 1. The predicted molar refractivity (Wildman–Crippen MR) is 99.5 cm³/mol. The molecule has 0 unspecified atom stereocenters. The van der Waals surface area contributed by atoms with E-state index >= 15 is 0 Å². The number of thiazole rings is 1. The largest absolute Gasteiger partial charge is 0.545 e. The summed E-state index contributed by atoms with van der Waals surface area (Å²) in [5, 5.41) is 14.3. The molecule has 5 nitrogen and oxygen atoms in total. The Labute approximate surface area is 157 Å². The Kier molecular flexibility index (Phi) is 5.27. The van der Waals surface area contributed by atoms with Gasteiger partial charge in [-0.25, -0.2) is 4.98 Å². The van der Waals surface area contributed by atoms with Crippen LogP contribution in [-0.4, -0.2) is 22.6 Å². The second-order valence-electron chi connectivity index (χ2n) is 5.25. The molecular weight excluding hydrogens is 380 g/mol. The maximum absolute atomic E-state index is 12.1. The Morgan fingerprint density at radius 1 is 1.28 bits per heavy atom. The highest BCUT2D eigenvalue weighted by molar-refractivity contribution is 8.01. The molecular formula is C17H12ClN2O3S2-. The van der Waals surface area contributed by atoms with Gasteiger partial charge in [0.05, 0.1) is 21.9 Å². The van der Waals surface area contributed by atoms with Gasteiger partial charge in [-0.05, 0) is 42.3 Å². The number of carbonyl (C=O) groups is 2. The Balaban J connectivity index is 1.66. The molecule has 3 rings (SSSR count). The minimum Gasteiger partial charge on any atom is -0.545 e. The van der Waals surface area contributed by atoms with Crippen molar-refractivity contribution >= 4 is 62.5 Å². The number of nitrogens with one attached hydrogen (secondary N) is 1. The van der Waals surface area contributed by atoms with Crippen molar-refractivity contribution in [2.24, 2.45) is 0 Å². The molecule has 8 heteroatoms. The van der Waals surface area contributed by atoms with Crippen LogP contribution >= 0.6 is 34.7 Å². The van der Waals surface area contributed by atoms with Crippen molar-refractivity contribution in [3.05, 3.63) is 52.5 Å². The average Bonchev–Trinajstić information content (AvgIpc) is 2.96. The number of hydrogen-bond donors (Lipinski definition) is 1. The molecule has 128 valence electrons. The molecule has 25 heavy (non-hydrogen) atoms. The number of rotatable bonds is 5. The van der Waals surface area contributed by atoms with E-state index in [1.165, 1.54) is 35.2 Å². The number of halogens is 1. The number of carboxylic acids is 1. The molecule has 1 amide bonds. The summed E-state index contributed by atoms with van der Waals surface area (Å²) in [6.45, 7) is 1.79. The summed E-state index contributed by atoms with van der Waals surface area (Å²) >= 11 is 8.75. The van der Waals surface area contributed by atoms with Crippen molar-refractivity contribution < 1.29 is 14.7 Å². The van der Waals surface area contributed by atoms with Crippen molar-refractivity contribution in [1.29, 1.82) is 0 Å². The molecule has 0 saturated heterocycles. The SMILES string of the molecule is Cc1ccc(C(=O)[O-])cc1NC(=O)CSc1nc2cc(Cl)ccc2s1. The average molecular weight is 392 g/mol. The summed E-state index contributed by atoms with van der Waals surface area (Å²) in [6.07, 6.45) is 0. The van der Waals surface area contributed by atoms with E-state index < -0.39 is 5.97 Å². The Bertz CT molecular complexity index is 972. The monoisotopic (exact) mass is 391 g/mol. The predicted octanol–water partition coefficient (Wildman–Crippen LogP) is 3.35. The molecule has 0 radical (unpaired) electrons. The summed E-state index contributed by atoms with van der Waals surface area (Å²) in [5.41, 5.74) is 2.07. The molecule has 0 bridgehead atoms. The third kappa shape index (κ3) is 4.31. The Morgan fingerprint density at radius 3 is 2.84 bits per heavy atom. The van der Waals surface area contributed by atoms with E-state index in [4.69, 9.17) is 11.6 Å². The Hall–Kier alpha value is -2.09. The van der Waals surface area contributed by atoms with E-state index in [1.54, 1.807) is 25.1 Å². The number of nitrogens with zero attached hydrogens (tertiary/aromatic N) is 1. The van der Waals surface area contributed by atoms with Crippen molar-refractivity contribution in [3.8, 4) is 0 Å². The van der Waals surface area contributed by atoms with E-state index in [1.807, 2.05) is 6.07 Å². The fourth-order valence-corrected chi connectivity index (χ4v) is 4.15. The van der Waals surface area contributed by atoms with Crippen molar-refractivity contribution in [2.45, 2.75) is 11.3 Å². The smallest absolute Gasteiger partial charge is 0.234 e. The van der Waals surface area contributed by atoms with Gasteiger partial charge in [-0.2, -0.15) is 0 Å². The van der Waals surface area contributed by atoms with Gasteiger partial charge < -0.3 is 15.2 Å². The lowest BCUT2D eigenvalue weighted by molar-refractivity contribution is -0.255. The lowest BCUT2D eigenvalue weighted by atomic mass is 10.1. The first kappa shape index (κ1) is 17.7. The zero-order chi connectivity index (χ0) is 18.0. The van der Waals surface area contributed by atoms with Crippen LogP contribution in [0, 0.1) is 6.92 Å². The van der Waals surface area contributed by atoms with Crippen LogP contribution in [0.5, 0.6) is 0 Å². The molecule has 1 aromatic heterocycles. The van der Waals surface area contributed by atoms with E-state index in [0.29, 0.717) is 10.7 Å². The number of hydrogen-bond acceptors (Lipinski definition) is 6. The number of aryl methyl sites for hydroxylation is 1. The summed E-state index contributed by atoms with van der Waals surface area (Å²) in [6, 6.07) is 9.95. The van der Waals surface area contributed by atoms with E-state index in [-0.39, 0.29) is 17.2 Å². The molecule has 2 aromatic carbocycles. The number of amides is 1. The fourth-order valence-electron chi connectivity index (χ4n) is 2.14. The van der Waals surface area contributed by atoms with Crippen molar-refractivity contribution in [2.75, 3.05) is 11.1 Å². The van der Waals surface area contributed by atoms with Crippen LogP contribution in [0.2, 0.25) is 5.02 Å². The van der Waals surface area contributed by atoms with Crippen LogP contribution in [0.25, 0.3) is 10.2 Å². The standard InChI is InChI=1S/C17H13ClN2O3S2/c1-9-2-3-10(16(22)23)6-12(9)19-15(21)8-24-17-20-13-7-11(18)4-5-14(13)25-17/h2-7H,8H2,1H3,(H,19,21)(H,22,23)/p-1. The third-order valence-electron chi connectivity index (χ3n) is 3.40. The van der Waals surface area contributed by atoms with E-state index in [0.717, 1.165) is 20.1 Å². The molecule has 0 aliphatic rings. The zero-order valence-corrected chi connectivity index (χ0v) is 15.4. The molecule has 0 aliphatic carbocycles. The quantitative estimate of drug-likeness (QED) is 0.674. The number of carbonyl (C=O) groups excluding carboxylic acids is 2. The molecule has 3 aromatic rings. The summed E-state index contributed by atoms with van der Waals surface area (Å²) in [7, 11) is 0. The Morgan fingerprint density at radius 2 is 2.08 bits per heavy atom. The number of fused-ring (bicyclic) bond motifs is 1. The maximum atomic E-state index is 12.1. The summed E-state index contributed by atoms with van der Waals surface area (Å²) < 4.78 is 1.78. The zero-order valence-electron chi connectivity index (χ0n) is 13.0. The molecule has 0 saturated carbocycles. The number of benzene rings is 2. The molecule has 1 N–H and O–H groups in total. The molecule has 0 atom stereocenters. The lowest BCUT2D eigenvalue weighted by Crippen LogP contribution is -2.23.